The van der Waals surface area contributed by atoms with Gasteiger partial charge in [-0.3, -0.25) is 19.7 Å². The molecule has 0 aliphatic heterocycles. The average Bonchev–Trinajstić information content (AvgIpc) is 2.66. The number of nitrogens with zero attached hydrogens (tertiary/aromatic N) is 1. The second-order valence-corrected chi connectivity index (χ2v) is 5.93. The van der Waals surface area contributed by atoms with Crippen LogP contribution < -0.4 is 10.1 Å². The van der Waals surface area contributed by atoms with Crippen LogP contribution in [-0.4, -0.2) is 35.1 Å². The van der Waals surface area contributed by atoms with Crippen LogP contribution in [-0.2, 0) is 11.2 Å². The molecule has 0 spiro atoms. The predicted octanol–water partition coefficient (Wildman–Crippen LogP) is 2.81. The summed E-state index contributed by atoms with van der Waals surface area (Å²) < 4.78 is 5.04. The molecule has 2 aromatic carbocycles. The molecule has 1 unspecified atom stereocenters. The van der Waals surface area contributed by atoms with E-state index in [2.05, 4.69) is 5.32 Å². The maximum atomic E-state index is 12.7. The summed E-state index contributed by atoms with van der Waals surface area (Å²) in [6.07, 6.45) is 0.489. The Kier molecular flexibility index (Phi) is 6.87. The van der Waals surface area contributed by atoms with Crippen molar-refractivity contribution in [2.75, 3.05) is 7.11 Å². The van der Waals surface area contributed by atoms with Crippen molar-refractivity contribution in [1.82, 2.24) is 5.32 Å². The minimum atomic E-state index is -0.977. The van der Waals surface area contributed by atoms with E-state index in [0.717, 1.165) is 5.56 Å². The van der Waals surface area contributed by atoms with Gasteiger partial charge in [-0.15, -0.1) is 0 Å². The maximum absolute atomic E-state index is 12.7. The van der Waals surface area contributed by atoms with Crippen LogP contribution in [0.5, 0.6) is 5.75 Å². The van der Waals surface area contributed by atoms with Gasteiger partial charge in [-0.2, -0.15) is 0 Å². The number of benzene rings is 2. The number of carboxylic acid groups (broad SMARTS) is 1. The van der Waals surface area contributed by atoms with E-state index in [0.29, 0.717) is 12.2 Å². The first-order valence-corrected chi connectivity index (χ1v) is 8.29. The van der Waals surface area contributed by atoms with E-state index in [-0.39, 0.29) is 24.1 Å². The minimum Gasteiger partial charge on any atom is -0.497 e. The fraction of sp³-hybridized carbons (Fsp3) is 0.263. The molecule has 0 aliphatic carbocycles. The second kappa shape index (κ2) is 9.33. The van der Waals surface area contributed by atoms with Gasteiger partial charge >= 0.3 is 5.97 Å². The SMILES string of the molecule is COc1ccc([N+](=O)[O-])c(C(=O)NC(CCC(=O)O)Cc2ccccc2)c1. The fourth-order valence-corrected chi connectivity index (χ4v) is 2.67. The van der Waals surface area contributed by atoms with E-state index in [1.807, 2.05) is 30.3 Å². The molecule has 0 bridgehead atoms. The number of nitro benzene ring substituents is 1. The summed E-state index contributed by atoms with van der Waals surface area (Å²) in [4.78, 5) is 34.2. The van der Waals surface area contributed by atoms with Crippen LogP contribution in [0.1, 0.15) is 28.8 Å². The number of carbonyl (C=O) groups excluding carboxylic acids is 1. The standard InChI is InChI=1S/C19H20N2O6/c1-27-15-8-9-17(21(25)26)16(12-15)19(24)20-14(7-10-18(22)23)11-13-5-3-2-4-6-13/h2-6,8-9,12,14H,7,10-11H2,1H3,(H,20,24)(H,22,23). The number of rotatable bonds is 9. The minimum absolute atomic E-state index is 0.127. The molecule has 1 amide bonds. The summed E-state index contributed by atoms with van der Waals surface area (Å²) in [5.41, 5.74) is 0.450. The lowest BCUT2D eigenvalue weighted by Gasteiger charge is -2.18. The summed E-state index contributed by atoms with van der Waals surface area (Å²) in [5.74, 6) is -1.31. The first kappa shape index (κ1) is 19.9. The number of hydrogen-bond acceptors (Lipinski definition) is 5. The Labute approximate surface area is 155 Å². The number of amides is 1. The number of aliphatic carboxylic acids is 1. The lowest BCUT2D eigenvalue weighted by molar-refractivity contribution is -0.385. The number of ether oxygens (including phenoxy) is 1. The van der Waals surface area contributed by atoms with Gasteiger partial charge in [0.05, 0.1) is 12.0 Å². The molecule has 8 heteroatoms. The number of carboxylic acids is 1. The highest BCUT2D eigenvalue weighted by Crippen LogP contribution is 2.24. The first-order valence-electron chi connectivity index (χ1n) is 8.29. The summed E-state index contributed by atoms with van der Waals surface area (Å²) in [6.45, 7) is 0. The molecule has 2 N–H and O–H groups in total. The van der Waals surface area contributed by atoms with Gasteiger partial charge in [-0.25, -0.2) is 0 Å². The topological polar surface area (TPSA) is 119 Å². The fourth-order valence-electron chi connectivity index (χ4n) is 2.67. The number of methoxy groups -OCH3 is 1. The third-order valence-corrected chi connectivity index (χ3v) is 4.01. The van der Waals surface area contributed by atoms with Crippen molar-refractivity contribution in [2.45, 2.75) is 25.3 Å². The van der Waals surface area contributed by atoms with Gasteiger partial charge < -0.3 is 15.2 Å². The summed E-state index contributed by atoms with van der Waals surface area (Å²) in [7, 11) is 1.40. The zero-order valence-corrected chi connectivity index (χ0v) is 14.8. The van der Waals surface area contributed by atoms with Gasteiger partial charge in [0, 0.05) is 18.5 Å². The van der Waals surface area contributed by atoms with E-state index >= 15 is 0 Å². The van der Waals surface area contributed by atoms with Crippen LogP contribution in [0, 0.1) is 10.1 Å². The normalized spacial score (nSPS) is 11.4. The number of carbonyl (C=O) groups is 2. The predicted molar refractivity (Wildman–Crippen MR) is 97.9 cm³/mol. The van der Waals surface area contributed by atoms with E-state index in [1.54, 1.807) is 0 Å². The molecule has 0 saturated heterocycles. The average molecular weight is 372 g/mol. The van der Waals surface area contributed by atoms with Crippen LogP contribution >= 0.6 is 0 Å². The molecule has 0 radical (unpaired) electrons. The highest BCUT2D eigenvalue weighted by Gasteiger charge is 2.23. The smallest absolute Gasteiger partial charge is 0.303 e. The van der Waals surface area contributed by atoms with Gasteiger partial charge in [0.25, 0.3) is 11.6 Å². The molecule has 27 heavy (non-hydrogen) atoms. The number of nitro groups is 1. The Morgan fingerprint density at radius 2 is 1.93 bits per heavy atom. The molecular weight excluding hydrogens is 352 g/mol. The monoisotopic (exact) mass is 372 g/mol. The molecule has 2 rings (SSSR count). The lowest BCUT2D eigenvalue weighted by Crippen LogP contribution is -2.37. The third kappa shape index (κ3) is 5.81. The van der Waals surface area contributed by atoms with Crippen molar-refractivity contribution in [2.24, 2.45) is 0 Å². The Bertz CT molecular complexity index is 822. The van der Waals surface area contributed by atoms with Crippen molar-refractivity contribution in [3.05, 3.63) is 69.8 Å². The second-order valence-electron chi connectivity index (χ2n) is 5.93. The number of hydrogen-bond donors (Lipinski definition) is 2. The first-order chi connectivity index (χ1) is 12.9. The molecule has 0 aromatic heterocycles. The zero-order chi connectivity index (χ0) is 19.8. The maximum Gasteiger partial charge on any atom is 0.303 e. The Morgan fingerprint density at radius 1 is 1.22 bits per heavy atom. The molecule has 2 aromatic rings. The Hall–Kier alpha value is -3.42. The largest absolute Gasteiger partial charge is 0.497 e. The molecule has 8 nitrogen and oxygen atoms in total. The summed E-state index contributed by atoms with van der Waals surface area (Å²) in [5, 5.41) is 22.9. The number of nitrogens with one attached hydrogen (secondary N) is 1. The molecule has 0 aliphatic rings. The van der Waals surface area contributed by atoms with Crippen molar-refractivity contribution in [3.63, 3.8) is 0 Å². The van der Waals surface area contributed by atoms with Crippen molar-refractivity contribution < 1.29 is 24.4 Å². The van der Waals surface area contributed by atoms with Gasteiger partial charge in [-0.1, -0.05) is 30.3 Å². The van der Waals surface area contributed by atoms with Crippen LogP contribution in [0.3, 0.4) is 0 Å². The highest BCUT2D eigenvalue weighted by atomic mass is 16.6. The van der Waals surface area contributed by atoms with Crippen molar-refractivity contribution >= 4 is 17.6 Å². The van der Waals surface area contributed by atoms with Crippen LogP contribution in [0.2, 0.25) is 0 Å². The zero-order valence-electron chi connectivity index (χ0n) is 14.8. The quantitative estimate of drug-likeness (QED) is 0.516. The van der Waals surface area contributed by atoms with E-state index in [1.165, 1.54) is 25.3 Å². The highest BCUT2D eigenvalue weighted by molar-refractivity contribution is 5.98. The molecule has 142 valence electrons. The Morgan fingerprint density at radius 3 is 2.52 bits per heavy atom. The molecular formula is C19H20N2O6. The molecule has 0 fully saturated rings. The lowest BCUT2D eigenvalue weighted by atomic mass is 10.0. The Balaban J connectivity index is 2.23. The molecule has 1 atom stereocenters. The van der Waals surface area contributed by atoms with Crippen LogP contribution in [0.4, 0.5) is 5.69 Å². The molecule has 0 heterocycles. The van der Waals surface area contributed by atoms with E-state index < -0.39 is 22.8 Å². The van der Waals surface area contributed by atoms with Gasteiger partial charge in [-0.05, 0) is 30.5 Å². The van der Waals surface area contributed by atoms with Crippen molar-refractivity contribution in [1.29, 1.82) is 0 Å². The third-order valence-electron chi connectivity index (χ3n) is 4.01. The van der Waals surface area contributed by atoms with Gasteiger partial charge in [0.1, 0.15) is 11.3 Å². The van der Waals surface area contributed by atoms with Crippen molar-refractivity contribution in [3.8, 4) is 5.75 Å². The van der Waals surface area contributed by atoms with Crippen LogP contribution in [0.15, 0.2) is 48.5 Å². The van der Waals surface area contributed by atoms with Crippen LogP contribution in [0.25, 0.3) is 0 Å². The summed E-state index contributed by atoms with van der Waals surface area (Å²) >= 11 is 0. The summed E-state index contributed by atoms with van der Waals surface area (Å²) in [6, 6.07) is 12.7. The van der Waals surface area contributed by atoms with Gasteiger partial charge in [0.15, 0.2) is 0 Å². The van der Waals surface area contributed by atoms with Gasteiger partial charge in [0.2, 0.25) is 0 Å². The van der Waals surface area contributed by atoms with E-state index in [4.69, 9.17) is 9.84 Å². The molecule has 0 saturated carbocycles. The van der Waals surface area contributed by atoms with E-state index in [9.17, 15) is 19.7 Å².